The SMILES string of the molecule is CC=C(C)C(=O)OC1C2=C(C)C(=O)OC2(O)CC2CCC(=O)C(C)C21C. The molecule has 0 aromatic rings. The molecule has 1 heterocycles. The van der Waals surface area contributed by atoms with Gasteiger partial charge in [0.25, 0.3) is 0 Å². The number of hydrogen-bond donors (Lipinski definition) is 1. The largest absolute Gasteiger partial charge is 0.454 e. The van der Waals surface area contributed by atoms with Gasteiger partial charge in [0.2, 0.25) is 5.79 Å². The van der Waals surface area contributed by atoms with Gasteiger partial charge in [0.1, 0.15) is 11.9 Å². The molecule has 0 radical (unpaired) electrons. The van der Waals surface area contributed by atoms with Crippen molar-refractivity contribution in [1.29, 1.82) is 0 Å². The molecule has 0 aromatic carbocycles. The molecule has 2 fully saturated rings. The molecule has 2 aliphatic carbocycles. The number of carbonyl (C=O) groups excluding carboxylic acids is 3. The highest BCUT2D eigenvalue weighted by atomic mass is 16.7. The van der Waals surface area contributed by atoms with E-state index in [0.29, 0.717) is 24.0 Å². The van der Waals surface area contributed by atoms with Crippen molar-refractivity contribution in [2.24, 2.45) is 17.3 Å². The number of Topliss-reactive ketones (excluding diaryl/α,β-unsaturated/α-hetero) is 1. The molecule has 3 rings (SSSR count). The Bertz CT molecular complexity index is 747. The van der Waals surface area contributed by atoms with Gasteiger partial charge < -0.3 is 14.6 Å². The summed E-state index contributed by atoms with van der Waals surface area (Å²) in [5.41, 5.74) is 0.279. The second-order valence-corrected chi connectivity index (χ2v) is 7.96. The number of rotatable bonds is 2. The van der Waals surface area contributed by atoms with Gasteiger partial charge in [-0.2, -0.15) is 0 Å². The van der Waals surface area contributed by atoms with Crippen molar-refractivity contribution in [2.75, 3.05) is 0 Å². The summed E-state index contributed by atoms with van der Waals surface area (Å²) in [5, 5.41) is 11.0. The van der Waals surface area contributed by atoms with Crippen molar-refractivity contribution in [3.8, 4) is 0 Å². The zero-order valence-corrected chi connectivity index (χ0v) is 15.9. The monoisotopic (exact) mass is 362 g/mol. The summed E-state index contributed by atoms with van der Waals surface area (Å²) < 4.78 is 11.1. The smallest absolute Gasteiger partial charge is 0.336 e. The highest BCUT2D eigenvalue weighted by Gasteiger charge is 2.65. The fourth-order valence-electron chi connectivity index (χ4n) is 4.70. The Morgan fingerprint density at radius 2 is 2.04 bits per heavy atom. The minimum atomic E-state index is -1.76. The molecule has 2 saturated carbocycles. The van der Waals surface area contributed by atoms with E-state index in [2.05, 4.69) is 0 Å². The standard InChI is InChI=1S/C20H26O6/c1-6-10(2)17(22)25-16-15-11(3)18(23)26-20(15,24)9-13-7-8-14(21)12(4)19(13,16)5/h6,12-13,16,24H,7-9H2,1-5H3. The third kappa shape index (κ3) is 2.46. The molecule has 0 amide bonds. The van der Waals surface area contributed by atoms with Crippen LogP contribution in [-0.4, -0.2) is 34.7 Å². The molecule has 3 aliphatic rings. The highest BCUT2D eigenvalue weighted by Crippen LogP contribution is 2.59. The van der Waals surface area contributed by atoms with Crippen molar-refractivity contribution in [3.05, 3.63) is 22.8 Å². The molecular formula is C20H26O6. The summed E-state index contributed by atoms with van der Waals surface area (Å²) in [6, 6.07) is 0. The maximum atomic E-state index is 12.5. The molecule has 0 aromatic heterocycles. The van der Waals surface area contributed by atoms with Crippen LogP contribution in [0.5, 0.6) is 0 Å². The van der Waals surface area contributed by atoms with Crippen molar-refractivity contribution in [1.82, 2.24) is 0 Å². The van der Waals surface area contributed by atoms with Crippen LogP contribution in [0.15, 0.2) is 22.8 Å². The molecule has 6 heteroatoms. The van der Waals surface area contributed by atoms with E-state index < -0.39 is 29.2 Å². The van der Waals surface area contributed by atoms with Gasteiger partial charge in [-0.15, -0.1) is 0 Å². The number of carbonyl (C=O) groups is 3. The van der Waals surface area contributed by atoms with Gasteiger partial charge in [-0.3, -0.25) is 4.79 Å². The van der Waals surface area contributed by atoms with E-state index in [-0.39, 0.29) is 29.6 Å². The predicted octanol–water partition coefficient (Wildman–Crippen LogP) is 2.45. The van der Waals surface area contributed by atoms with Crippen LogP contribution in [0, 0.1) is 17.3 Å². The Morgan fingerprint density at radius 1 is 1.38 bits per heavy atom. The minimum Gasteiger partial charge on any atom is -0.454 e. The van der Waals surface area contributed by atoms with E-state index in [1.165, 1.54) is 0 Å². The van der Waals surface area contributed by atoms with Crippen LogP contribution in [0.1, 0.15) is 53.9 Å². The predicted molar refractivity (Wildman–Crippen MR) is 92.7 cm³/mol. The fourth-order valence-corrected chi connectivity index (χ4v) is 4.70. The third-order valence-corrected chi connectivity index (χ3v) is 6.76. The lowest BCUT2D eigenvalue weighted by atomic mass is 9.52. The number of ether oxygens (including phenoxy) is 2. The van der Waals surface area contributed by atoms with Crippen molar-refractivity contribution in [2.45, 2.75) is 65.8 Å². The Hall–Kier alpha value is -1.95. The number of allylic oxidation sites excluding steroid dienone is 1. The first kappa shape index (κ1) is 18.8. The lowest BCUT2D eigenvalue weighted by Crippen LogP contribution is -2.61. The summed E-state index contributed by atoms with van der Waals surface area (Å²) in [7, 11) is 0. The topological polar surface area (TPSA) is 89.9 Å². The average molecular weight is 362 g/mol. The van der Waals surface area contributed by atoms with Gasteiger partial charge in [-0.25, -0.2) is 9.59 Å². The molecule has 5 atom stereocenters. The summed E-state index contributed by atoms with van der Waals surface area (Å²) in [6.07, 6.45) is 1.96. The number of esters is 2. The Balaban J connectivity index is 2.15. The second-order valence-electron chi connectivity index (χ2n) is 7.96. The van der Waals surface area contributed by atoms with E-state index in [1.807, 2.05) is 13.8 Å². The van der Waals surface area contributed by atoms with Crippen LogP contribution in [0.3, 0.4) is 0 Å². The quantitative estimate of drug-likeness (QED) is 0.599. The zero-order chi connectivity index (χ0) is 19.4. The number of ketones is 1. The van der Waals surface area contributed by atoms with Crippen LogP contribution in [0.4, 0.5) is 0 Å². The molecule has 0 spiro atoms. The van der Waals surface area contributed by atoms with Gasteiger partial charge in [0, 0.05) is 35.3 Å². The zero-order valence-electron chi connectivity index (χ0n) is 15.9. The Kier molecular flexibility index (Phi) is 4.38. The van der Waals surface area contributed by atoms with Gasteiger partial charge in [-0.1, -0.05) is 19.9 Å². The van der Waals surface area contributed by atoms with Gasteiger partial charge in [0.15, 0.2) is 0 Å². The fraction of sp³-hybridized carbons (Fsp3) is 0.650. The summed E-state index contributed by atoms with van der Waals surface area (Å²) in [4.78, 5) is 37.2. The molecule has 6 nitrogen and oxygen atoms in total. The van der Waals surface area contributed by atoms with E-state index in [0.717, 1.165) is 0 Å². The van der Waals surface area contributed by atoms with Crippen LogP contribution >= 0.6 is 0 Å². The lowest BCUT2D eigenvalue weighted by molar-refractivity contribution is -0.224. The molecule has 26 heavy (non-hydrogen) atoms. The first-order chi connectivity index (χ1) is 12.1. The second kappa shape index (κ2) is 6.05. The molecule has 1 aliphatic heterocycles. The van der Waals surface area contributed by atoms with E-state index >= 15 is 0 Å². The molecule has 5 unspecified atom stereocenters. The van der Waals surface area contributed by atoms with Gasteiger partial charge >= 0.3 is 11.9 Å². The first-order valence-electron chi connectivity index (χ1n) is 9.09. The molecular weight excluding hydrogens is 336 g/mol. The van der Waals surface area contributed by atoms with Crippen LogP contribution < -0.4 is 0 Å². The van der Waals surface area contributed by atoms with Crippen LogP contribution in [-0.2, 0) is 23.9 Å². The maximum Gasteiger partial charge on any atom is 0.336 e. The summed E-state index contributed by atoms with van der Waals surface area (Å²) in [5.74, 6) is -3.24. The minimum absolute atomic E-state index is 0.105. The number of hydrogen-bond acceptors (Lipinski definition) is 6. The molecule has 0 bridgehead atoms. The van der Waals surface area contributed by atoms with Crippen LogP contribution in [0.2, 0.25) is 0 Å². The van der Waals surface area contributed by atoms with E-state index in [9.17, 15) is 19.5 Å². The lowest BCUT2D eigenvalue weighted by Gasteiger charge is -2.55. The Morgan fingerprint density at radius 3 is 2.65 bits per heavy atom. The molecule has 142 valence electrons. The van der Waals surface area contributed by atoms with Crippen molar-refractivity contribution >= 4 is 17.7 Å². The first-order valence-corrected chi connectivity index (χ1v) is 9.09. The number of fused-ring (bicyclic) bond motifs is 2. The highest BCUT2D eigenvalue weighted by molar-refractivity contribution is 5.93. The van der Waals surface area contributed by atoms with Gasteiger partial charge in [-0.05, 0) is 33.1 Å². The Labute approximate surface area is 153 Å². The van der Waals surface area contributed by atoms with Gasteiger partial charge in [0.05, 0.1) is 5.57 Å². The normalized spacial score (nSPS) is 40.1. The maximum absolute atomic E-state index is 12.5. The van der Waals surface area contributed by atoms with Crippen LogP contribution in [0.25, 0.3) is 0 Å². The van der Waals surface area contributed by atoms with Crippen molar-refractivity contribution < 1.29 is 29.0 Å². The summed E-state index contributed by atoms with van der Waals surface area (Å²) >= 11 is 0. The molecule has 0 saturated heterocycles. The molecule has 1 N–H and O–H groups in total. The van der Waals surface area contributed by atoms with Crippen molar-refractivity contribution in [3.63, 3.8) is 0 Å². The van der Waals surface area contributed by atoms with E-state index in [1.54, 1.807) is 26.8 Å². The summed E-state index contributed by atoms with van der Waals surface area (Å²) in [6.45, 7) is 8.71. The average Bonchev–Trinajstić information content (AvgIpc) is 2.81. The number of aliphatic hydroxyl groups is 1. The third-order valence-electron chi connectivity index (χ3n) is 6.76. The van der Waals surface area contributed by atoms with E-state index in [4.69, 9.17) is 9.47 Å².